The van der Waals surface area contributed by atoms with E-state index in [4.69, 9.17) is 28.4 Å². The lowest BCUT2D eigenvalue weighted by molar-refractivity contribution is -0.268. The second-order valence-electron chi connectivity index (χ2n) is 12.9. The summed E-state index contributed by atoms with van der Waals surface area (Å²) >= 11 is 0. The molecule has 0 aliphatic carbocycles. The monoisotopic (exact) mass is 654 g/mol. The number of rotatable bonds is 14. The number of carboxylic acid groups (broad SMARTS) is 1. The molecule has 0 aromatic heterocycles. The minimum atomic E-state index is -1.17. The highest BCUT2D eigenvalue weighted by Crippen LogP contribution is 2.33. The van der Waals surface area contributed by atoms with Crippen LogP contribution in [0.4, 0.5) is 4.79 Å². The van der Waals surface area contributed by atoms with E-state index >= 15 is 0 Å². The Bertz CT molecular complexity index is 1630. The zero-order valence-corrected chi connectivity index (χ0v) is 27.7. The van der Waals surface area contributed by atoms with Gasteiger partial charge >= 0.3 is 0 Å². The first-order valence-corrected chi connectivity index (χ1v) is 16.7. The second-order valence-corrected chi connectivity index (χ2v) is 12.9. The number of amides is 1. The van der Waals surface area contributed by atoms with Crippen molar-refractivity contribution in [3.05, 3.63) is 108 Å². The van der Waals surface area contributed by atoms with Gasteiger partial charge in [0.2, 0.25) is 0 Å². The molecule has 0 N–H and O–H groups in total. The maximum Gasteiger partial charge on any atom is 0.163 e. The summed E-state index contributed by atoms with van der Waals surface area (Å²) in [6.07, 6.45) is -0.145. The van der Waals surface area contributed by atoms with Gasteiger partial charge in [-0.25, -0.2) is 0 Å². The van der Waals surface area contributed by atoms with Crippen molar-refractivity contribution in [2.75, 3.05) is 39.5 Å². The lowest BCUT2D eigenvalue weighted by Crippen LogP contribution is -2.51. The van der Waals surface area contributed by atoms with E-state index in [2.05, 4.69) is 36.4 Å². The van der Waals surface area contributed by atoms with Crippen molar-refractivity contribution in [3.63, 3.8) is 0 Å². The first-order chi connectivity index (χ1) is 23.3. The van der Waals surface area contributed by atoms with Gasteiger partial charge in [0.05, 0.1) is 39.1 Å². The Morgan fingerprint density at radius 3 is 2.42 bits per heavy atom. The molecule has 48 heavy (non-hydrogen) atoms. The number of ether oxygens (including phenoxy) is 6. The summed E-state index contributed by atoms with van der Waals surface area (Å²) in [5.41, 5.74) is 3.27. The minimum absolute atomic E-state index is 0.0426. The van der Waals surface area contributed by atoms with Crippen LogP contribution in [0.25, 0.3) is 10.8 Å². The summed E-state index contributed by atoms with van der Waals surface area (Å²) in [7, 11) is 0. The molecule has 9 heteroatoms. The van der Waals surface area contributed by atoms with Gasteiger partial charge in [-0.3, -0.25) is 0 Å². The molecule has 4 aromatic rings. The standard InChI is InChI=1S/C39H45NO8/c1-39(2)47-27-35(48-39)26-45-34-16-13-31-21-29(9-10-32(31)22-34)25-46-37-23-40(38(41)42)18-17-36(37)30-11-14-33(15-12-30)44-20-6-19-43-24-28-7-4-3-5-8-28/h3-5,7-16,21-22,35-37H,6,17-20,23-27H2,1-2H3,(H,41,42)/p-1. The van der Waals surface area contributed by atoms with Crippen molar-refractivity contribution in [2.24, 2.45) is 0 Å². The maximum absolute atomic E-state index is 11.7. The van der Waals surface area contributed by atoms with Crippen molar-refractivity contribution in [2.45, 2.75) is 63.8 Å². The van der Waals surface area contributed by atoms with Gasteiger partial charge in [-0.1, -0.05) is 60.7 Å². The van der Waals surface area contributed by atoms with Crippen LogP contribution >= 0.6 is 0 Å². The molecule has 4 aromatic carbocycles. The Labute approximate surface area is 282 Å². The van der Waals surface area contributed by atoms with Crippen molar-refractivity contribution in [1.29, 1.82) is 0 Å². The molecule has 3 atom stereocenters. The summed E-state index contributed by atoms with van der Waals surface area (Å²) in [4.78, 5) is 13.1. The van der Waals surface area contributed by atoms with Crippen LogP contribution in [0.2, 0.25) is 0 Å². The van der Waals surface area contributed by atoms with Gasteiger partial charge in [0.25, 0.3) is 0 Å². The SMILES string of the molecule is CC1(C)OCC(COc2ccc3cc(COC4CN(C(=O)[O-])CCC4c4ccc(OCCCOCc5ccccc5)cc4)ccc3c2)O1. The first kappa shape index (κ1) is 33.7. The van der Waals surface area contributed by atoms with E-state index in [9.17, 15) is 9.90 Å². The number of nitrogens with zero attached hydrogens (tertiary/aromatic N) is 1. The van der Waals surface area contributed by atoms with Gasteiger partial charge in [0.15, 0.2) is 5.79 Å². The van der Waals surface area contributed by atoms with Gasteiger partial charge in [0.1, 0.15) is 30.3 Å². The van der Waals surface area contributed by atoms with Crippen molar-refractivity contribution >= 4 is 16.9 Å². The molecule has 0 spiro atoms. The third-order valence-corrected chi connectivity index (χ3v) is 8.78. The topological polar surface area (TPSA) is 98.8 Å². The molecule has 2 heterocycles. The number of hydrogen-bond acceptors (Lipinski definition) is 8. The number of piperidine rings is 1. The van der Waals surface area contributed by atoms with Crippen molar-refractivity contribution < 1.29 is 38.3 Å². The Hall–Kier alpha value is -4.15. The minimum Gasteiger partial charge on any atom is -0.530 e. The van der Waals surface area contributed by atoms with E-state index in [1.165, 1.54) is 4.90 Å². The number of likely N-dealkylation sites (tertiary alicyclic amines) is 1. The fourth-order valence-corrected chi connectivity index (χ4v) is 6.25. The van der Waals surface area contributed by atoms with E-state index < -0.39 is 11.9 Å². The molecular formula is C39H44NO8-. The predicted octanol–water partition coefficient (Wildman–Crippen LogP) is 6.07. The average molecular weight is 655 g/mol. The molecule has 9 nitrogen and oxygen atoms in total. The summed E-state index contributed by atoms with van der Waals surface area (Å²) in [5.74, 6) is 1.04. The second kappa shape index (κ2) is 15.8. The normalized spacial score (nSPS) is 20.5. The summed E-state index contributed by atoms with van der Waals surface area (Å²) in [6, 6.07) is 30.4. The maximum atomic E-state index is 11.7. The zero-order chi connectivity index (χ0) is 33.3. The molecule has 6 rings (SSSR count). The van der Waals surface area contributed by atoms with Crippen LogP contribution in [0.15, 0.2) is 91.0 Å². The van der Waals surface area contributed by atoms with Gasteiger partial charge < -0.3 is 43.2 Å². The van der Waals surface area contributed by atoms with E-state index in [1.54, 1.807) is 0 Å². The Kier molecular flexibility index (Phi) is 11.1. The highest BCUT2D eigenvalue weighted by molar-refractivity contribution is 5.84. The summed E-state index contributed by atoms with van der Waals surface area (Å²) in [5, 5.41) is 13.9. The molecule has 254 valence electrons. The summed E-state index contributed by atoms with van der Waals surface area (Å²) < 4.78 is 35.6. The quantitative estimate of drug-likeness (QED) is 0.151. The lowest BCUT2D eigenvalue weighted by atomic mass is 9.87. The average Bonchev–Trinajstić information content (AvgIpc) is 3.46. The molecular weight excluding hydrogens is 610 g/mol. The van der Waals surface area contributed by atoms with E-state index in [1.807, 2.05) is 68.4 Å². The van der Waals surface area contributed by atoms with Crippen LogP contribution in [-0.4, -0.2) is 68.5 Å². The van der Waals surface area contributed by atoms with E-state index in [-0.39, 0.29) is 24.7 Å². The highest BCUT2D eigenvalue weighted by Gasteiger charge is 2.33. The van der Waals surface area contributed by atoms with Gasteiger partial charge in [-0.2, -0.15) is 0 Å². The van der Waals surface area contributed by atoms with Crippen LogP contribution in [0.5, 0.6) is 11.5 Å². The van der Waals surface area contributed by atoms with Crippen LogP contribution in [0.1, 0.15) is 49.3 Å². The molecule has 2 aliphatic rings. The highest BCUT2D eigenvalue weighted by atomic mass is 16.7. The lowest BCUT2D eigenvalue weighted by Gasteiger charge is -2.40. The number of hydrogen-bond donors (Lipinski definition) is 0. The number of carbonyl (C=O) groups is 1. The van der Waals surface area contributed by atoms with Gasteiger partial charge in [0, 0.05) is 25.4 Å². The van der Waals surface area contributed by atoms with Crippen LogP contribution in [-0.2, 0) is 32.2 Å². The molecule has 0 bridgehead atoms. The van der Waals surface area contributed by atoms with Crippen molar-refractivity contribution in [1.82, 2.24) is 4.90 Å². The predicted molar refractivity (Wildman–Crippen MR) is 180 cm³/mol. The molecule has 0 saturated carbocycles. The Balaban J connectivity index is 1.01. The number of carbonyl (C=O) groups excluding carboxylic acids is 1. The van der Waals surface area contributed by atoms with E-state index in [0.717, 1.165) is 45.4 Å². The fourth-order valence-electron chi connectivity index (χ4n) is 6.25. The molecule has 2 saturated heterocycles. The third-order valence-electron chi connectivity index (χ3n) is 8.78. The summed E-state index contributed by atoms with van der Waals surface area (Å²) in [6.45, 7) is 7.55. The van der Waals surface area contributed by atoms with Crippen LogP contribution < -0.4 is 14.6 Å². The Morgan fingerprint density at radius 1 is 0.875 bits per heavy atom. The molecule has 2 aliphatic heterocycles. The molecule has 1 amide bonds. The van der Waals surface area contributed by atoms with Gasteiger partial charge in [-0.15, -0.1) is 0 Å². The molecule has 0 radical (unpaired) electrons. The molecule has 2 fully saturated rings. The van der Waals surface area contributed by atoms with Crippen LogP contribution in [0.3, 0.4) is 0 Å². The Morgan fingerprint density at radius 2 is 1.65 bits per heavy atom. The largest absolute Gasteiger partial charge is 0.530 e. The van der Waals surface area contributed by atoms with Crippen molar-refractivity contribution in [3.8, 4) is 11.5 Å². The molecule has 3 unspecified atom stereocenters. The zero-order valence-electron chi connectivity index (χ0n) is 27.7. The van der Waals surface area contributed by atoms with Gasteiger partial charge in [-0.05, 0) is 78.1 Å². The van der Waals surface area contributed by atoms with E-state index in [0.29, 0.717) is 52.6 Å². The number of fused-ring (bicyclic) bond motifs is 1. The van der Waals surface area contributed by atoms with Crippen LogP contribution in [0, 0.1) is 0 Å². The fraction of sp³-hybridized carbons (Fsp3) is 0.410. The first-order valence-electron chi connectivity index (χ1n) is 16.7. The smallest absolute Gasteiger partial charge is 0.163 e. The number of benzene rings is 4. The third kappa shape index (κ3) is 9.26.